The van der Waals surface area contributed by atoms with Gasteiger partial charge in [0.15, 0.2) is 0 Å². The Balaban J connectivity index is 1.59. The van der Waals surface area contributed by atoms with Crippen molar-refractivity contribution in [3.05, 3.63) is 74.5 Å². The molecule has 0 atom stereocenters. The van der Waals surface area contributed by atoms with E-state index in [-0.39, 0.29) is 6.61 Å². The molecule has 0 spiro atoms. The Morgan fingerprint density at radius 2 is 1.94 bits per heavy atom. The Bertz CT molecular complexity index is 1230. The molecule has 31 heavy (non-hydrogen) atoms. The van der Waals surface area contributed by atoms with E-state index in [0.29, 0.717) is 38.2 Å². The summed E-state index contributed by atoms with van der Waals surface area (Å²) in [6.07, 6.45) is 2.99. The number of hydrogen-bond donors (Lipinski definition) is 1. The molecule has 4 aromatic rings. The maximum atomic E-state index is 13.1. The van der Waals surface area contributed by atoms with Crippen molar-refractivity contribution in [3.8, 4) is 34.1 Å². The Kier molecular flexibility index (Phi) is 6.54. The molecule has 0 saturated carbocycles. The van der Waals surface area contributed by atoms with Crippen LogP contribution in [0.1, 0.15) is 5.69 Å². The summed E-state index contributed by atoms with van der Waals surface area (Å²) in [5, 5.41) is 0.544. The molecule has 0 radical (unpaired) electrons. The molecule has 3 aromatic heterocycles. The molecule has 3 heterocycles. The van der Waals surface area contributed by atoms with Crippen LogP contribution in [0.5, 0.6) is 11.5 Å². The average molecular weight is 569 g/mol. The first-order valence-electron chi connectivity index (χ1n) is 8.93. The van der Waals surface area contributed by atoms with Crippen LogP contribution in [0.3, 0.4) is 0 Å². The molecule has 1 N–H and O–H groups in total. The van der Waals surface area contributed by atoms with Crippen LogP contribution in [0.2, 0.25) is 5.02 Å². The van der Waals surface area contributed by atoms with E-state index in [0.717, 1.165) is 15.7 Å². The monoisotopic (exact) mass is 566 g/mol. The number of pyridine rings is 2. The second-order valence-corrected chi connectivity index (χ2v) is 8.40. The van der Waals surface area contributed by atoms with Crippen molar-refractivity contribution in [3.63, 3.8) is 0 Å². The lowest BCUT2D eigenvalue weighted by molar-refractivity contribution is 0.298. The molecule has 0 saturated heterocycles. The van der Waals surface area contributed by atoms with Crippen molar-refractivity contribution in [1.29, 1.82) is 0 Å². The lowest BCUT2D eigenvalue weighted by Crippen LogP contribution is -2.00. The number of methoxy groups -OCH3 is 1. The van der Waals surface area contributed by atoms with E-state index in [9.17, 15) is 4.39 Å². The first-order chi connectivity index (χ1) is 14.9. The summed E-state index contributed by atoms with van der Waals surface area (Å²) in [7, 11) is 1.58. The van der Waals surface area contributed by atoms with E-state index < -0.39 is 5.95 Å². The molecule has 0 bridgehead atoms. The van der Waals surface area contributed by atoms with E-state index in [1.165, 1.54) is 12.3 Å². The minimum Gasteiger partial charge on any atom is -0.496 e. The third-order valence-corrected chi connectivity index (χ3v) is 5.83. The predicted molar refractivity (Wildman–Crippen MR) is 123 cm³/mol. The molecule has 0 amide bonds. The highest BCUT2D eigenvalue weighted by molar-refractivity contribution is 9.10. The lowest BCUT2D eigenvalue weighted by atomic mass is 10.1. The Hall–Kier alpha value is -2.49. The molecule has 0 aliphatic carbocycles. The van der Waals surface area contributed by atoms with Crippen LogP contribution in [0.15, 0.2) is 57.9 Å². The molecular weight excluding hydrogens is 555 g/mol. The number of hydrogen-bond acceptors (Lipinski definition) is 5. The number of H-pyrrole nitrogens is 1. The quantitative estimate of drug-likeness (QED) is 0.271. The van der Waals surface area contributed by atoms with E-state index in [2.05, 4.69) is 51.8 Å². The molecule has 158 valence electrons. The van der Waals surface area contributed by atoms with Gasteiger partial charge in [-0.15, -0.1) is 0 Å². The maximum absolute atomic E-state index is 13.1. The molecule has 0 fully saturated rings. The van der Waals surface area contributed by atoms with E-state index in [1.807, 2.05) is 12.1 Å². The van der Waals surface area contributed by atoms with Crippen molar-refractivity contribution >= 4 is 43.5 Å². The predicted octanol–water partition coefficient (Wildman–Crippen LogP) is 6.44. The van der Waals surface area contributed by atoms with E-state index in [4.69, 9.17) is 21.1 Å². The number of nitrogens with zero attached hydrogens (tertiary/aromatic N) is 3. The van der Waals surface area contributed by atoms with Crippen LogP contribution in [-0.4, -0.2) is 27.0 Å². The number of halogens is 4. The summed E-state index contributed by atoms with van der Waals surface area (Å²) in [4.78, 5) is 15.6. The first kappa shape index (κ1) is 21.7. The Labute approximate surface area is 199 Å². The molecular formula is C21H14Br2ClFN4O2. The fourth-order valence-corrected chi connectivity index (χ4v) is 4.09. The van der Waals surface area contributed by atoms with E-state index >= 15 is 0 Å². The molecule has 4 rings (SSSR count). The number of aromatic amines is 1. The number of benzene rings is 1. The third kappa shape index (κ3) is 4.89. The van der Waals surface area contributed by atoms with Crippen LogP contribution >= 0.6 is 43.5 Å². The SMILES string of the molecule is COc1cc(OCc2ncc(Cl)cc2Br)ccc1-c1[nH]c(-c2ccc(F)nc2)nc1Br. The third-order valence-electron chi connectivity index (χ3n) is 4.36. The summed E-state index contributed by atoms with van der Waals surface area (Å²) >= 11 is 12.8. The van der Waals surface area contributed by atoms with Gasteiger partial charge in [-0.3, -0.25) is 4.98 Å². The first-order valence-corrected chi connectivity index (χ1v) is 10.9. The Morgan fingerprint density at radius 3 is 2.65 bits per heavy atom. The van der Waals surface area contributed by atoms with Gasteiger partial charge in [0, 0.05) is 34.1 Å². The second kappa shape index (κ2) is 9.33. The smallest absolute Gasteiger partial charge is 0.212 e. The molecule has 0 unspecified atom stereocenters. The van der Waals surface area contributed by atoms with Crippen LogP contribution in [-0.2, 0) is 6.61 Å². The largest absolute Gasteiger partial charge is 0.496 e. The van der Waals surface area contributed by atoms with Crippen molar-refractivity contribution < 1.29 is 13.9 Å². The number of imidazole rings is 1. The molecule has 0 aliphatic rings. The van der Waals surface area contributed by atoms with Gasteiger partial charge in [0.05, 0.1) is 23.5 Å². The highest BCUT2D eigenvalue weighted by Gasteiger charge is 2.16. The highest BCUT2D eigenvalue weighted by Crippen LogP contribution is 2.37. The van der Waals surface area contributed by atoms with Gasteiger partial charge in [-0.25, -0.2) is 9.97 Å². The van der Waals surface area contributed by atoms with Gasteiger partial charge in [-0.2, -0.15) is 4.39 Å². The summed E-state index contributed by atoms with van der Waals surface area (Å²) in [6, 6.07) is 10.1. The van der Waals surface area contributed by atoms with Gasteiger partial charge < -0.3 is 14.5 Å². The molecule has 10 heteroatoms. The summed E-state index contributed by atoms with van der Waals surface area (Å²) < 4.78 is 25.9. The number of ether oxygens (including phenoxy) is 2. The van der Waals surface area contributed by atoms with Gasteiger partial charge in [0.2, 0.25) is 5.95 Å². The molecule has 0 aliphatic heterocycles. The van der Waals surface area contributed by atoms with Gasteiger partial charge in [0.25, 0.3) is 0 Å². The minimum atomic E-state index is -0.548. The van der Waals surface area contributed by atoms with Crippen LogP contribution < -0.4 is 9.47 Å². The Morgan fingerprint density at radius 1 is 1.10 bits per heavy atom. The van der Waals surface area contributed by atoms with Gasteiger partial charge in [-0.05, 0) is 62.2 Å². The fraction of sp³-hybridized carbons (Fsp3) is 0.0952. The standard InChI is InChI=1S/C21H14Br2ClFN4O2/c1-30-17-7-13(31-10-16-15(22)6-12(24)9-26-16)3-4-14(17)19-20(23)29-21(28-19)11-2-5-18(25)27-8-11/h2-9H,10H2,1H3,(H,28,29). The summed E-state index contributed by atoms with van der Waals surface area (Å²) in [6.45, 7) is 0.260. The lowest BCUT2D eigenvalue weighted by Gasteiger charge is -2.12. The zero-order valence-electron chi connectivity index (χ0n) is 16.0. The topological polar surface area (TPSA) is 72.9 Å². The van der Waals surface area contributed by atoms with Crippen molar-refractivity contribution in [2.75, 3.05) is 7.11 Å². The maximum Gasteiger partial charge on any atom is 0.212 e. The van der Waals surface area contributed by atoms with Gasteiger partial charge in [-0.1, -0.05) is 11.6 Å². The van der Waals surface area contributed by atoms with Gasteiger partial charge >= 0.3 is 0 Å². The summed E-state index contributed by atoms with van der Waals surface area (Å²) in [5.74, 6) is 1.21. The zero-order valence-corrected chi connectivity index (χ0v) is 19.9. The van der Waals surface area contributed by atoms with Crippen molar-refractivity contribution in [1.82, 2.24) is 19.9 Å². The van der Waals surface area contributed by atoms with Gasteiger partial charge in [0.1, 0.15) is 28.5 Å². The second-order valence-electron chi connectivity index (χ2n) is 6.35. The molecule has 6 nitrogen and oxygen atoms in total. The summed E-state index contributed by atoms with van der Waals surface area (Å²) in [5.41, 5.74) is 2.88. The average Bonchev–Trinajstić information content (AvgIpc) is 3.14. The fourth-order valence-electron chi connectivity index (χ4n) is 2.85. The zero-order chi connectivity index (χ0) is 22.0. The van der Waals surface area contributed by atoms with Crippen LogP contribution in [0.25, 0.3) is 22.6 Å². The number of aromatic nitrogens is 4. The normalized spacial score (nSPS) is 10.9. The minimum absolute atomic E-state index is 0.260. The van der Waals surface area contributed by atoms with E-state index in [1.54, 1.807) is 31.5 Å². The van der Waals surface area contributed by atoms with Crippen molar-refractivity contribution in [2.24, 2.45) is 0 Å². The molecule has 1 aromatic carbocycles. The number of rotatable bonds is 6. The number of nitrogens with one attached hydrogen (secondary N) is 1. The van der Waals surface area contributed by atoms with Crippen LogP contribution in [0, 0.1) is 5.95 Å². The van der Waals surface area contributed by atoms with Crippen molar-refractivity contribution in [2.45, 2.75) is 6.61 Å². The van der Waals surface area contributed by atoms with Crippen LogP contribution in [0.4, 0.5) is 4.39 Å². The highest BCUT2D eigenvalue weighted by atomic mass is 79.9.